The topological polar surface area (TPSA) is 93.4 Å². The molecule has 0 atom stereocenters. The van der Waals surface area contributed by atoms with E-state index in [4.69, 9.17) is 9.26 Å². The summed E-state index contributed by atoms with van der Waals surface area (Å²) in [7, 11) is 5.14. The lowest BCUT2D eigenvalue weighted by atomic mass is 10.1. The van der Waals surface area contributed by atoms with Gasteiger partial charge in [-0.3, -0.25) is 4.79 Å². The number of rotatable bonds is 5. The van der Waals surface area contributed by atoms with Crippen LogP contribution >= 0.6 is 0 Å². The third-order valence-corrected chi connectivity index (χ3v) is 3.15. The van der Waals surface area contributed by atoms with Crippen LogP contribution in [0.5, 0.6) is 6.01 Å². The molecule has 2 rings (SSSR count). The molecule has 0 aliphatic rings. The summed E-state index contributed by atoms with van der Waals surface area (Å²) < 4.78 is 10.1. The van der Waals surface area contributed by atoms with Gasteiger partial charge in [-0.05, 0) is 13.8 Å². The summed E-state index contributed by atoms with van der Waals surface area (Å²) in [6, 6.07) is 0.243. The van der Waals surface area contributed by atoms with Gasteiger partial charge in [-0.2, -0.15) is 4.98 Å². The second-order valence-electron chi connectivity index (χ2n) is 5.02. The summed E-state index contributed by atoms with van der Waals surface area (Å²) in [4.78, 5) is 22.2. The number of nitrogens with one attached hydrogen (secondary N) is 1. The number of hydrogen-bond acceptors (Lipinski definition) is 7. The summed E-state index contributed by atoms with van der Waals surface area (Å²) in [5, 5.41) is 6.65. The van der Waals surface area contributed by atoms with Crippen LogP contribution in [0.25, 0.3) is 0 Å². The fourth-order valence-electron chi connectivity index (χ4n) is 1.99. The van der Waals surface area contributed by atoms with Gasteiger partial charge in [0.1, 0.15) is 11.4 Å². The first kappa shape index (κ1) is 15.7. The average molecular weight is 305 g/mol. The Morgan fingerprint density at radius 3 is 2.68 bits per heavy atom. The second kappa shape index (κ2) is 6.42. The van der Waals surface area contributed by atoms with Crippen LogP contribution in [-0.4, -0.2) is 42.2 Å². The molecule has 1 N–H and O–H groups in total. The number of anilines is 2. The van der Waals surface area contributed by atoms with Crippen LogP contribution in [0.4, 0.5) is 11.5 Å². The standard InChI is InChI=1S/C14H19N5O3/c1-8-10(9(2)22-18-8)6-12(20)16-11-7-15-14(21-5)17-13(11)19(3)4/h7H,6H2,1-5H3,(H,16,20). The van der Waals surface area contributed by atoms with Crippen molar-refractivity contribution in [1.29, 1.82) is 0 Å². The third kappa shape index (κ3) is 3.33. The number of nitrogens with zero attached hydrogens (tertiary/aromatic N) is 4. The molecule has 0 unspecified atom stereocenters. The van der Waals surface area contributed by atoms with E-state index in [1.807, 2.05) is 14.1 Å². The van der Waals surface area contributed by atoms with Gasteiger partial charge in [-0.25, -0.2) is 4.98 Å². The molecule has 0 spiro atoms. The minimum atomic E-state index is -0.189. The first-order valence-corrected chi connectivity index (χ1v) is 6.72. The van der Waals surface area contributed by atoms with E-state index < -0.39 is 0 Å². The van der Waals surface area contributed by atoms with Crippen LogP contribution in [0.3, 0.4) is 0 Å². The van der Waals surface area contributed by atoms with Gasteiger partial charge in [0.15, 0.2) is 5.82 Å². The molecule has 0 saturated carbocycles. The number of ether oxygens (including phenoxy) is 1. The Kier molecular flexibility index (Phi) is 4.59. The van der Waals surface area contributed by atoms with E-state index in [1.54, 1.807) is 18.7 Å². The van der Waals surface area contributed by atoms with Crippen molar-refractivity contribution < 1.29 is 14.1 Å². The molecule has 0 aliphatic carbocycles. The number of hydrogen-bond donors (Lipinski definition) is 1. The molecule has 0 bridgehead atoms. The summed E-state index contributed by atoms with van der Waals surface area (Å²) in [5.41, 5.74) is 2.02. The molecule has 8 heteroatoms. The van der Waals surface area contributed by atoms with Crippen LogP contribution in [0, 0.1) is 13.8 Å². The van der Waals surface area contributed by atoms with Crippen molar-refractivity contribution >= 4 is 17.4 Å². The maximum absolute atomic E-state index is 12.2. The van der Waals surface area contributed by atoms with E-state index in [0.29, 0.717) is 23.0 Å². The zero-order chi connectivity index (χ0) is 16.3. The zero-order valence-electron chi connectivity index (χ0n) is 13.3. The summed E-state index contributed by atoms with van der Waals surface area (Å²) in [6.45, 7) is 3.59. The van der Waals surface area contributed by atoms with Gasteiger partial charge < -0.3 is 19.5 Å². The molecule has 0 aromatic carbocycles. The lowest BCUT2D eigenvalue weighted by molar-refractivity contribution is -0.115. The van der Waals surface area contributed by atoms with Crippen LogP contribution in [0.2, 0.25) is 0 Å². The zero-order valence-corrected chi connectivity index (χ0v) is 13.3. The molecule has 0 fully saturated rings. The van der Waals surface area contributed by atoms with E-state index in [0.717, 1.165) is 5.56 Å². The third-order valence-electron chi connectivity index (χ3n) is 3.15. The van der Waals surface area contributed by atoms with Gasteiger partial charge in [-0.1, -0.05) is 5.16 Å². The Morgan fingerprint density at radius 2 is 2.14 bits per heavy atom. The number of aromatic nitrogens is 3. The van der Waals surface area contributed by atoms with Crippen molar-refractivity contribution in [2.45, 2.75) is 20.3 Å². The smallest absolute Gasteiger partial charge is 0.318 e. The van der Waals surface area contributed by atoms with Crippen molar-refractivity contribution in [1.82, 2.24) is 15.1 Å². The molecule has 2 heterocycles. The van der Waals surface area contributed by atoms with Crippen molar-refractivity contribution in [3.8, 4) is 6.01 Å². The van der Waals surface area contributed by atoms with E-state index in [-0.39, 0.29) is 18.3 Å². The van der Waals surface area contributed by atoms with E-state index in [2.05, 4.69) is 20.4 Å². The Bertz CT molecular complexity index is 662. The first-order valence-electron chi connectivity index (χ1n) is 6.72. The number of aryl methyl sites for hydroxylation is 2. The fourth-order valence-corrected chi connectivity index (χ4v) is 1.99. The molecule has 1 amide bonds. The maximum atomic E-state index is 12.2. The van der Waals surface area contributed by atoms with E-state index in [9.17, 15) is 4.79 Å². The highest BCUT2D eigenvalue weighted by atomic mass is 16.5. The van der Waals surface area contributed by atoms with Crippen molar-refractivity contribution in [3.05, 3.63) is 23.2 Å². The van der Waals surface area contributed by atoms with E-state index >= 15 is 0 Å². The van der Waals surface area contributed by atoms with E-state index in [1.165, 1.54) is 13.3 Å². The Hall–Kier alpha value is -2.64. The van der Waals surface area contributed by atoms with Crippen LogP contribution < -0.4 is 15.0 Å². The van der Waals surface area contributed by atoms with Gasteiger partial charge in [0.05, 0.1) is 25.4 Å². The van der Waals surface area contributed by atoms with Gasteiger partial charge in [-0.15, -0.1) is 0 Å². The molecule has 0 aliphatic heterocycles. The predicted octanol–water partition coefficient (Wildman–Crippen LogP) is 1.34. The number of carbonyl (C=O) groups excluding carboxylic acids is 1. The molecular formula is C14H19N5O3. The molecule has 0 radical (unpaired) electrons. The monoisotopic (exact) mass is 305 g/mol. The highest BCUT2D eigenvalue weighted by molar-refractivity contribution is 5.94. The molecule has 2 aromatic rings. The van der Waals surface area contributed by atoms with Gasteiger partial charge >= 0.3 is 6.01 Å². The van der Waals surface area contributed by atoms with Gasteiger partial charge in [0.25, 0.3) is 0 Å². The molecule has 2 aromatic heterocycles. The van der Waals surface area contributed by atoms with Crippen LogP contribution in [0.1, 0.15) is 17.0 Å². The quantitative estimate of drug-likeness (QED) is 0.890. The Labute approximate surface area is 128 Å². The van der Waals surface area contributed by atoms with Gasteiger partial charge in [0.2, 0.25) is 5.91 Å². The average Bonchev–Trinajstić information content (AvgIpc) is 2.79. The lowest BCUT2D eigenvalue weighted by Crippen LogP contribution is -2.20. The summed E-state index contributed by atoms with van der Waals surface area (Å²) in [5.74, 6) is 1.02. The molecule has 22 heavy (non-hydrogen) atoms. The van der Waals surface area contributed by atoms with Crippen molar-refractivity contribution in [2.75, 3.05) is 31.4 Å². The lowest BCUT2D eigenvalue weighted by Gasteiger charge is -2.16. The van der Waals surface area contributed by atoms with Gasteiger partial charge in [0, 0.05) is 19.7 Å². The Morgan fingerprint density at radius 1 is 1.41 bits per heavy atom. The highest BCUT2D eigenvalue weighted by Crippen LogP contribution is 2.23. The number of amides is 1. The number of methoxy groups -OCH3 is 1. The predicted molar refractivity (Wildman–Crippen MR) is 81.2 cm³/mol. The fraction of sp³-hybridized carbons (Fsp3) is 0.429. The highest BCUT2D eigenvalue weighted by Gasteiger charge is 2.16. The summed E-state index contributed by atoms with van der Waals surface area (Å²) in [6.07, 6.45) is 1.70. The van der Waals surface area contributed by atoms with Crippen molar-refractivity contribution in [2.24, 2.45) is 0 Å². The normalized spacial score (nSPS) is 10.4. The minimum absolute atomic E-state index is 0.181. The molecule has 8 nitrogen and oxygen atoms in total. The summed E-state index contributed by atoms with van der Waals surface area (Å²) >= 11 is 0. The van der Waals surface area contributed by atoms with Crippen molar-refractivity contribution in [3.63, 3.8) is 0 Å². The second-order valence-corrected chi connectivity index (χ2v) is 5.02. The SMILES string of the molecule is COc1ncc(NC(=O)Cc2c(C)noc2C)c(N(C)C)n1. The molecule has 0 saturated heterocycles. The largest absolute Gasteiger partial charge is 0.467 e. The van der Waals surface area contributed by atoms with Crippen LogP contribution in [0.15, 0.2) is 10.7 Å². The first-order chi connectivity index (χ1) is 10.4. The minimum Gasteiger partial charge on any atom is -0.467 e. The molecular weight excluding hydrogens is 286 g/mol. The number of carbonyl (C=O) groups is 1. The maximum Gasteiger partial charge on any atom is 0.318 e. The van der Waals surface area contributed by atoms with Crippen LogP contribution in [-0.2, 0) is 11.2 Å². The Balaban J connectivity index is 2.18. The molecule has 118 valence electrons.